The zero-order valence-corrected chi connectivity index (χ0v) is 17.1. The van der Waals surface area contributed by atoms with Gasteiger partial charge in [0.1, 0.15) is 23.9 Å². The van der Waals surface area contributed by atoms with Crippen LogP contribution in [0, 0.1) is 0 Å². The first-order chi connectivity index (χ1) is 14.1. The monoisotopic (exact) mass is 406 g/mol. The summed E-state index contributed by atoms with van der Waals surface area (Å²) < 4.78 is 5.26. The van der Waals surface area contributed by atoms with Gasteiger partial charge in [-0.3, -0.25) is 0 Å². The van der Waals surface area contributed by atoms with Crippen LogP contribution in [0.25, 0.3) is 11.0 Å². The van der Waals surface area contributed by atoms with E-state index in [-0.39, 0.29) is 11.8 Å². The molecule has 5 heteroatoms. The lowest BCUT2D eigenvalue weighted by molar-refractivity contribution is -0.701. The van der Waals surface area contributed by atoms with Gasteiger partial charge in [-0.05, 0) is 35.6 Å². The highest BCUT2D eigenvalue weighted by Gasteiger charge is 2.19. The van der Waals surface area contributed by atoms with Crippen molar-refractivity contribution < 1.29 is 14.8 Å². The van der Waals surface area contributed by atoms with Crippen LogP contribution in [0.4, 0.5) is 0 Å². The van der Waals surface area contributed by atoms with E-state index in [1.807, 2.05) is 0 Å². The first-order valence-corrected chi connectivity index (χ1v) is 10.7. The van der Waals surface area contributed by atoms with E-state index < -0.39 is 5.63 Å². The molecule has 0 aliphatic rings. The second-order valence-electron chi connectivity index (χ2n) is 7.20. The standard InChI is InChI=1S/C24H23NO3S/c1-2-4-16-6-8-17(9-7-16)24(22-5-3-12-29-22)25-15-18-13-23(27)28-21-14-19(26)10-11-20(18)21/h3,5-14,24-26H,2,4,15H2,1H3/p+1/t24-/m1/s1. The Hall–Kier alpha value is -2.89. The highest BCUT2D eigenvalue weighted by molar-refractivity contribution is 7.10. The van der Waals surface area contributed by atoms with Crippen LogP contribution in [-0.4, -0.2) is 5.11 Å². The van der Waals surface area contributed by atoms with E-state index in [9.17, 15) is 9.90 Å². The smallest absolute Gasteiger partial charge is 0.336 e. The molecule has 0 fully saturated rings. The second kappa shape index (κ2) is 8.64. The third-order valence-corrected chi connectivity index (χ3v) is 6.07. The van der Waals surface area contributed by atoms with E-state index >= 15 is 0 Å². The third kappa shape index (κ3) is 4.42. The lowest BCUT2D eigenvalue weighted by Crippen LogP contribution is -2.83. The van der Waals surface area contributed by atoms with Crippen LogP contribution < -0.4 is 10.9 Å². The summed E-state index contributed by atoms with van der Waals surface area (Å²) in [6, 6.07) is 19.7. The summed E-state index contributed by atoms with van der Waals surface area (Å²) in [7, 11) is 0. The minimum Gasteiger partial charge on any atom is -0.508 e. The van der Waals surface area contributed by atoms with Crippen LogP contribution in [0.3, 0.4) is 0 Å². The largest absolute Gasteiger partial charge is 0.508 e. The Morgan fingerprint density at radius 2 is 1.93 bits per heavy atom. The van der Waals surface area contributed by atoms with Gasteiger partial charge in [-0.25, -0.2) is 4.79 Å². The van der Waals surface area contributed by atoms with E-state index in [4.69, 9.17) is 4.42 Å². The molecule has 0 unspecified atom stereocenters. The topological polar surface area (TPSA) is 67.0 Å². The fourth-order valence-corrected chi connectivity index (χ4v) is 4.55. The highest BCUT2D eigenvalue weighted by Crippen LogP contribution is 2.25. The molecule has 0 bridgehead atoms. The Morgan fingerprint density at radius 1 is 1.10 bits per heavy atom. The Labute approximate surface area is 173 Å². The molecule has 0 saturated carbocycles. The van der Waals surface area contributed by atoms with Crippen molar-refractivity contribution in [3.05, 3.63) is 98.0 Å². The van der Waals surface area contributed by atoms with Gasteiger partial charge in [-0.2, -0.15) is 0 Å². The molecular formula is C24H24NO3S+. The van der Waals surface area contributed by atoms with Gasteiger partial charge in [0, 0.05) is 28.6 Å². The second-order valence-corrected chi connectivity index (χ2v) is 8.17. The first-order valence-electron chi connectivity index (χ1n) is 9.85. The quantitative estimate of drug-likeness (QED) is 0.448. The zero-order chi connectivity index (χ0) is 20.2. The maximum Gasteiger partial charge on any atom is 0.336 e. The lowest BCUT2D eigenvalue weighted by Gasteiger charge is -2.16. The molecule has 2 aromatic heterocycles. The van der Waals surface area contributed by atoms with Crippen molar-refractivity contribution in [2.24, 2.45) is 0 Å². The van der Waals surface area contributed by atoms with Gasteiger partial charge in [0.25, 0.3) is 0 Å². The number of quaternary nitrogens is 1. The SMILES string of the molecule is CCCc1ccc([C@@H]([NH2+]Cc2cc(=O)oc3cc(O)ccc23)c2cccs2)cc1. The molecule has 0 aliphatic carbocycles. The molecule has 148 valence electrons. The van der Waals surface area contributed by atoms with Crippen LogP contribution in [0.2, 0.25) is 0 Å². The summed E-state index contributed by atoms with van der Waals surface area (Å²) >= 11 is 1.74. The Bertz CT molecular complexity index is 1150. The number of rotatable bonds is 7. The number of phenols is 1. The molecule has 4 nitrogen and oxygen atoms in total. The highest BCUT2D eigenvalue weighted by atomic mass is 32.1. The number of aryl methyl sites for hydroxylation is 1. The minimum atomic E-state index is -0.400. The number of fused-ring (bicyclic) bond motifs is 1. The average Bonchev–Trinajstić information content (AvgIpc) is 3.23. The van der Waals surface area contributed by atoms with Gasteiger partial charge >= 0.3 is 5.63 Å². The molecule has 0 amide bonds. The maximum atomic E-state index is 12.0. The molecule has 4 aromatic rings. The molecule has 0 aliphatic heterocycles. The summed E-state index contributed by atoms with van der Waals surface area (Å²) in [4.78, 5) is 13.3. The average molecular weight is 407 g/mol. The zero-order valence-electron chi connectivity index (χ0n) is 16.3. The summed E-state index contributed by atoms with van der Waals surface area (Å²) in [5, 5.41) is 14.9. The van der Waals surface area contributed by atoms with Crippen LogP contribution in [0.15, 0.2) is 75.3 Å². The summed E-state index contributed by atoms with van der Waals surface area (Å²) in [6.45, 7) is 2.82. The number of hydrogen-bond acceptors (Lipinski definition) is 4. The molecule has 1 atom stereocenters. The van der Waals surface area contributed by atoms with Crippen LogP contribution in [0.1, 0.15) is 41.0 Å². The van der Waals surface area contributed by atoms with E-state index in [0.29, 0.717) is 12.1 Å². The van der Waals surface area contributed by atoms with E-state index in [0.717, 1.165) is 23.8 Å². The molecule has 2 heterocycles. The Morgan fingerprint density at radius 3 is 2.66 bits per heavy atom. The van der Waals surface area contributed by atoms with E-state index in [1.165, 1.54) is 22.1 Å². The van der Waals surface area contributed by atoms with E-state index in [2.05, 4.69) is 54.0 Å². The van der Waals surface area contributed by atoms with Crippen molar-refractivity contribution in [3.63, 3.8) is 0 Å². The molecule has 4 rings (SSSR count). The molecule has 3 N–H and O–H groups in total. The van der Waals surface area contributed by atoms with E-state index in [1.54, 1.807) is 29.5 Å². The summed E-state index contributed by atoms with van der Waals surface area (Å²) in [5.74, 6) is 0.0883. The van der Waals surface area contributed by atoms with Gasteiger partial charge in [0.15, 0.2) is 0 Å². The van der Waals surface area contributed by atoms with Gasteiger partial charge in [-0.15, -0.1) is 11.3 Å². The van der Waals surface area contributed by atoms with Crippen molar-refractivity contribution in [2.75, 3.05) is 0 Å². The number of aromatic hydroxyl groups is 1. The van der Waals surface area contributed by atoms with Crippen LogP contribution >= 0.6 is 11.3 Å². The van der Waals surface area contributed by atoms with Gasteiger partial charge in [0.2, 0.25) is 0 Å². The van der Waals surface area contributed by atoms with Crippen molar-refractivity contribution in [3.8, 4) is 5.75 Å². The first kappa shape index (κ1) is 19.4. The number of phenolic OH excluding ortho intramolecular Hbond substituents is 1. The van der Waals surface area contributed by atoms with Crippen LogP contribution in [0.5, 0.6) is 5.75 Å². The normalized spacial score (nSPS) is 12.3. The Balaban J connectivity index is 1.64. The number of thiophene rings is 1. The molecular weight excluding hydrogens is 382 g/mol. The Kier molecular flexibility index (Phi) is 5.79. The predicted molar refractivity (Wildman–Crippen MR) is 116 cm³/mol. The molecule has 0 saturated heterocycles. The fraction of sp³-hybridized carbons (Fsp3) is 0.208. The number of hydrogen-bond donors (Lipinski definition) is 2. The maximum absolute atomic E-state index is 12.0. The molecule has 29 heavy (non-hydrogen) atoms. The van der Waals surface area contributed by atoms with Gasteiger partial charge < -0.3 is 14.8 Å². The van der Waals surface area contributed by atoms with Gasteiger partial charge in [-0.1, -0.05) is 43.7 Å². The van der Waals surface area contributed by atoms with Crippen molar-refractivity contribution in [2.45, 2.75) is 32.4 Å². The lowest BCUT2D eigenvalue weighted by atomic mass is 10.0. The number of benzene rings is 2. The number of nitrogens with two attached hydrogens (primary N) is 1. The predicted octanol–water partition coefficient (Wildman–Crippen LogP) is 4.37. The molecule has 0 spiro atoms. The third-order valence-electron chi connectivity index (χ3n) is 5.11. The van der Waals surface area contributed by atoms with Crippen molar-refractivity contribution >= 4 is 22.3 Å². The molecule has 2 aromatic carbocycles. The summed E-state index contributed by atoms with van der Waals surface area (Å²) in [5.41, 5.74) is 3.52. The molecule has 0 radical (unpaired) electrons. The fourth-order valence-electron chi connectivity index (χ4n) is 3.70. The summed E-state index contributed by atoms with van der Waals surface area (Å²) in [6.07, 6.45) is 2.23. The van der Waals surface area contributed by atoms with Gasteiger partial charge in [0.05, 0.1) is 4.88 Å². The minimum absolute atomic E-state index is 0.0883. The van der Waals surface area contributed by atoms with Crippen molar-refractivity contribution in [1.82, 2.24) is 0 Å². The van der Waals surface area contributed by atoms with Crippen molar-refractivity contribution in [1.29, 1.82) is 0 Å². The van der Waals surface area contributed by atoms with Crippen LogP contribution in [-0.2, 0) is 13.0 Å².